The zero-order valence-corrected chi connectivity index (χ0v) is 11.7. The second-order valence-corrected chi connectivity index (χ2v) is 5.75. The minimum Gasteiger partial charge on any atom is -0.399 e. The molecule has 1 saturated carbocycles. The van der Waals surface area contributed by atoms with E-state index in [0.29, 0.717) is 16.9 Å². The summed E-state index contributed by atoms with van der Waals surface area (Å²) in [7, 11) is 0. The van der Waals surface area contributed by atoms with Crippen molar-refractivity contribution in [3.05, 3.63) is 29.6 Å². The van der Waals surface area contributed by atoms with Gasteiger partial charge in [0.1, 0.15) is 0 Å². The molecule has 4 N–H and O–H groups in total. The van der Waals surface area contributed by atoms with Crippen LogP contribution >= 0.6 is 11.3 Å². The van der Waals surface area contributed by atoms with Crippen molar-refractivity contribution in [2.24, 2.45) is 0 Å². The summed E-state index contributed by atoms with van der Waals surface area (Å²) in [6, 6.07) is 7.69. The first-order valence-electron chi connectivity index (χ1n) is 6.60. The van der Waals surface area contributed by atoms with Gasteiger partial charge < -0.3 is 11.1 Å². The molecule has 2 aromatic rings. The molecule has 3 rings (SSSR count). The van der Waals surface area contributed by atoms with Gasteiger partial charge in [-0.25, -0.2) is 9.78 Å². The molecular weight excluding hydrogens is 272 g/mol. The van der Waals surface area contributed by atoms with Gasteiger partial charge in [0.25, 0.3) is 0 Å². The van der Waals surface area contributed by atoms with Crippen LogP contribution in [0.25, 0.3) is 11.3 Å². The molecule has 0 bridgehead atoms. The van der Waals surface area contributed by atoms with E-state index in [1.807, 2.05) is 29.6 Å². The Bertz CT molecular complexity index is 621. The fraction of sp³-hybridized carbons (Fsp3) is 0.286. The lowest BCUT2D eigenvalue weighted by Crippen LogP contribution is -2.41. The maximum absolute atomic E-state index is 11.7. The monoisotopic (exact) mass is 288 g/mol. The van der Waals surface area contributed by atoms with Crippen LogP contribution in [-0.4, -0.2) is 17.1 Å². The molecule has 1 aliphatic rings. The van der Waals surface area contributed by atoms with Gasteiger partial charge >= 0.3 is 6.03 Å². The number of hydrogen-bond donors (Lipinski definition) is 3. The molecule has 1 aromatic heterocycles. The molecule has 1 aliphatic carbocycles. The van der Waals surface area contributed by atoms with Crippen LogP contribution in [0.3, 0.4) is 0 Å². The van der Waals surface area contributed by atoms with E-state index in [2.05, 4.69) is 15.6 Å². The number of hydrogen-bond acceptors (Lipinski definition) is 4. The first-order chi connectivity index (χ1) is 9.70. The lowest BCUT2D eigenvalue weighted by Gasteiger charge is -2.26. The highest BCUT2D eigenvalue weighted by molar-refractivity contribution is 7.14. The van der Waals surface area contributed by atoms with Gasteiger partial charge in [0.05, 0.1) is 5.69 Å². The van der Waals surface area contributed by atoms with E-state index in [9.17, 15) is 4.79 Å². The molecule has 0 saturated heterocycles. The van der Waals surface area contributed by atoms with Crippen molar-refractivity contribution in [3.63, 3.8) is 0 Å². The Morgan fingerprint density at radius 3 is 2.95 bits per heavy atom. The largest absolute Gasteiger partial charge is 0.399 e. The van der Waals surface area contributed by atoms with Crippen LogP contribution in [0.1, 0.15) is 19.3 Å². The van der Waals surface area contributed by atoms with Gasteiger partial charge in [-0.15, -0.1) is 11.3 Å². The van der Waals surface area contributed by atoms with E-state index >= 15 is 0 Å². The average Bonchev–Trinajstić information content (AvgIpc) is 2.82. The molecule has 6 heteroatoms. The van der Waals surface area contributed by atoms with Crippen molar-refractivity contribution in [2.75, 3.05) is 11.1 Å². The highest BCUT2D eigenvalue weighted by Crippen LogP contribution is 2.26. The van der Waals surface area contributed by atoms with Gasteiger partial charge in [-0.05, 0) is 31.4 Å². The summed E-state index contributed by atoms with van der Waals surface area (Å²) in [6.45, 7) is 0. The molecule has 5 nitrogen and oxygen atoms in total. The maximum atomic E-state index is 11.7. The molecule has 1 aromatic carbocycles. The first kappa shape index (κ1) is 12.9. The third-order valence-electron chi connectivity index (χ3n) is 3.35. The van der Waals surface area contributed by atoms with Crippen molar-refractivity contribution in [3.8, 4) is 11.3 Å². The Hall–Kier alpha value is -2.08. The summed E-state index contributed by atoms with van der Waals surface area (Å²) in [5, 5.41) is 8.20. The summed E-state index contributed by atoms with van der Waals surface area (Å²) in [4.78, 5) is 16.1. The van der Waals surface area contributed by atoms with Gasteiger partial charge in [0.2, 0.25) is 0 Å². The third kappa shape index (κ3) is 2.91. The van der Waals surface area contributed by atoms with Crippen molar-refractivity contribution in [2.45, 2.75) is 25.3 Å². The molecule has 0 unspecified atom stereocenters. The molecule has 0 spiro atoms. The van der Waals surface area contributed by atoms with Gasteiger partial charge in [-0.1, -0.05) is 12.1 Å². The zero-order chi connectivity index (χ0) is 13.9. The molecular formula is C14H16N4OS. The predicted molar refractivity (Wildman–Crippen MR) is 81.8 cm³/mol. The number of nitrogens with one attached hydrogen (secondary N) is 2. The van der Waals surface area contributed by atoms with E-state index in [-0.39, 0.29) is 6.03 Å². The highest BCUT2D eigenvalue weighted by Gasteiger charge is 2.19. The Kier molecular flexibility index (Phi) is 3.56. The van der Waals surface area contributed by atoms with Crippen LogP contribution in [0.4, 0.5) is 15.6 Å². The second-order valence-electron chi connectivity index (χ2n) is 4.89. The number of rotatable bonds is 3. The number of benzene rings is 1. The summed E-state index contributed by atoms with van der Waals surface area (Å²) >= 11 is 1.41. The van der Waals surface area contributed by atoms with E-state index in [1.165, 1.54) is 17.8 Å². The zero-order valence-electron chi connectivity index (χ0n) is 10.9. The van der Waals surface area contributed by atoms with Crippen LogP contribution in [0.2, 0.25) is 0 Å². The van der Waals surface area contributed by atoms with Crippen LogP contribution < -0.4 is 16.4 Å². The fourth-order valence-corrected chi connectivity index (χ4v) is 2.75. The van der Waals surface area contributed by atoms with Crippen LogP contribution in [-0.2, 0) is 0 Å². The Morgan fingerprint density at radius 1 is 1.40 bits per heavy atom. The normalized spacial score (nSPS) is 14.6. The quantitative estimate of drug-likeness (QED) is 0.759. The number of carbonyl (C=O) groups is 1. The van der Waals surface area contributed by atoms with E-state index in [1.54, 1.807) is 0 Å². The number of urea groups is 1. The van der Waals surface area contributed by atoms with E-state index in [4.69, 9.17) is 5.73 Å². The number of nitrogens with two attached hydrogens (primary N) is 1. The van der Waals surface area contributed by atoms with Crippen LogP contribution in [0, 0.1) is 0 Å². The van der Waals surface area contributed by atoms with E-state index in [0.717, 1.165) is 24.1 Å². The van der Waals surface area contributed by atoms with Crippen molar-refractivity contribution >= 4 is 28.2 Å². The summed E-state index contributed by atoms with van der Waals surface area (Å²) in [5.41, 5.74) is 8.23. The first-order valence-corrected chi connectivity index (χ1v) is 7.47. The molecule has 1 heterocycles. The summed E-state index contributed by atoms with van der Waals surface area (Å²) in [6.07, 6.45) is 3.33. The predicted octanol–water partition coefficient (Wildman–Crippen LogP) is 3.07. The molecule has 2 amide bonds. The lowest BCUT2D eigenvalue weighted by molar-refractivity contribution is 0.240. The fourth-order valence-electron chi connectivity index (χ4n) is 2.03. The minimum atomic E-state index is -0.178. The van der Waals surface area contributed by atoms with Crippen LogP contribution in [0.5, 0.6) is 0 Å². The average molecular weight is 288 g/mol. The summed E-state index contributed by atoms with van der Waals surface area (Å²) < 4.78 is 0. The van der Waals surface area contributed by atoms with Gasteiger partial charge in [0, 0.05) is 22.7 Å². The Morgan fingerprint density at radius 2 is 2.25 bits per heavy atom. The number of carbonyl (C=O) groups excluding carboxylic acids is 1. The number of thiazole rings is 1. The highest BCUT2D eigenvalue weighted by atomic mass is 32.1. The van der Waals surface area contributed by atoms with Crippen molar-refractivity contribution in [1.82, 2.24) is 10.3 Å². The molecule has 0 radical (unpaired) electrons. The van der Waals surface area contributed by atoms with Gasteiger partial charge in [0.15, 0.2) is 5.13 Å². The van der Waals surface area contributed by atoms with Gasteiger partial charge in [-0.2, -0.15) is 0 Å². The molecule has 104 valence electrons. The van der Waals surface area contributed by atoms with Gasteiger partial charge in [-0.3, -0.25) is 5.32 Å². The number of anilines is 2. The van der Waals surface area contributed by atoms with Crippen LogP contribution in [0.15, 0.2) is 29.6 Å². The number of nitrogen functional groups attached to an aromatic ring is 1. The number of nitrogens with zero attached hydrogens (tertiary/aromatic N) is 1. The standard InChI is InChI=1S/C14H16N4OS/c15-10-4-1-3-9(7-10)12-8-20-14(17-12)18-13(19)16-11-5-2-6-11/h1,3-4,7-8,11H,2,5-6,15H2,(H2,16,17,18,19). The smallest absolute Gasteiger partial charge is 0.321 e. The number of amides is 2. The lowest BCUT2D eigenvalue weighted by atomic mass is 9.93. The SMILES string of the molecule is Nc1cccc(-c2csc(NC(=O)NC3CCC3)n2)c1. The number of aromatic nitrogens is 1. The molecule has 0 atom stereocenters. The topological polar surface area (TPSA) is 80.0 Å². The minimum absolute atomic E-state index is 0.178. The van der Waals surface area contributed by atoms with E-state index < -0.39 is 0 Å². The molecule has 20 heavy (non-hydrogen) atoms. The molecule has 0 aliphatic heterocycles. The summed E-state index contributed by atoms with van der Waals surface area (Å²) in [5.74, 6) is 0. The van der Waals surface area contributed by atoms with Crippen molar-refractivity contribution in [1.29, 1.82) is 0 Å². The second kappa shape index (κ2) is 5.50. The Balaban J connectivity index is 1.65. The third-order valence-corrected chi connectivity index (χ3v) is 4.11. The maximum Gasteiger partial charge on any atom is 0.321 e. The Labute approximate surface area is 121 Å². The van der Waals surface area contributed by atoms with Crippen molar-refractivity contribution < 1.29 is 4.79 Å². The molecule has 1 fully saturated rings.